The average molecular weight is 210 g/mol. The van der Waals surface area contributed by atoms with Gasteiger partial charge in [-0.05, 0) is 13.8 Å². The Morgan fingerprint density at radius 1 is 1.62 bits per heavy atom. The number of amidine groups is 1. The molecule has 8 heteroatoms. The Labute approximate surface area is 77.2 Å². The molecular weight excluding hydrogens is 196 g/mol. The van der Waals surface area contributed by atoms with Gasteiger partial charge in [0.05, 0.1) is 6.54 Å². The maximum Gasteiger partial charge on any atom is 0.277 e. The van der Waals surface area contributed by atoms with Crippen LogP contribution in [-0.2, 0) is 10.2 Å². The first-order chi connectivity index (χ1) is 5.87. The maximum absolute atomic E-state index is 11.0. The maximum atomic E-state index is 11.0. The summed E-state index contributed by atoms with van der Waals surface area (Å²) < 4.78 is 26.4. The summed E-state index contributed by atoms with van der Waals surface area (Å²) in [7, 11) is -3.56. The summed E-state index contributed by atoms with van der Waals surface area (Å²) in [6.45, 7) is 3.14. The predicted octanol–water partition coefficient (Wildman–Crippen LogP) is -1.43. The molecule has 78 valence electrons. The third-order valence-corrected chi connectivity index (χ3v) is 2.27. The fraction of sp³-hybridized carbons (Fsp3) is 0.800. The van der Waals surface area contributed by atoms with E-state index in [2.05, 4.69) is 14.6 Å². The molecule has 0 unspecified atom stereocenters. The number of nitrogens with zero attached hydrogens (tertiary/aromatic N) is 1. The molecule has 0 aromatic heterocycles. The lowest BCUT2D eigenvalue weighted by molar-refractivity contribution is 0.317. The Balaban J connectivity index is 4.05. The van der Waals surface area contributed by atoms with Crippen molar-refractivity contribution in [2.45, 2.75) is 19.9 Å². The summed E-state index contributed by atoms with van der Waals surface area (Å²) in [4.78, 5) is 0. The van der Waals surface area contributed by atoms with E-state index in [0.717, 1.165) is 0 Å². The van der Waals surface area contributed by atoms with Gasteiger partial charge in [0.25, 0.3) is 10.2 Å². The molecule has 0 radical (unpaired) electrons. The lowest BCUT2D eigenvalue weighted by Gasteiger charge is -2.09. The Kier molecular flexibility index (Phi) is 4.67. The second kappa shape index (κ2) is 5.00. The molecule has 0 heterocycles. The van der Waals surface area contributed by atoms with Gasteiger partial charge in [0, 0.05) is 6.04 Å². The fourth-order valence-electron chi connectivity index (χ4n) is 0.556. The first kappa shape index (κ1) is 12.1. The third kappa shape index (κ3) is 6.31. The number of nitrogens with one attached hydrogen (secondary N) is 2. The smallest absolute Gasteiger partial charge is 0.277 e. The summed E-state index contributed by atoms with van der Waals surface area (Å²) >= 11 is 0. The van der Waals surface area contributed by atoms with Crippen LogP contribution in [0.4, 0.5) is 0 Å². The zero-order valence-corrected chi connectivity index (χ0v) is 8.30. The highest BCUT2D eigenvalue weighted by molar-refractivity contribution is 7.87. The first-order valence-corrected chi connectivity index (χ1v) is 5.09. The summed E-state index contributed by atoms with van der Waals surface area (Å²) in [5.74, 6) is -0.200. The summed E-state index contributed by atoms with van der Waals surface area (Å²) in [6.07, 6.45) is 0. The SMILES string of the molecule is CC(C)NS(=O)(=O)NCC(N)=NO. The molecule has 0 bridgehead atoms. The largest absolute Gasteiger partial charge is 0.409 e. The van der Waals surface area contributed by atoms with Gasteiger partial charge < -0.3 is 10.9 Å². The lowest BCUT2D eigenvalue weighted by atomic mass is 10.4. The van der Waals surface area contributed by atoms with Gasteiger partial charge in [0.2, 0.25) is 0 Å². The molecule has 0 saturated heterocycles. The number of hydrogen-bond donors (Lipinski definition) is 4. The van der Waals surface area contributed by atoms with Crippen LogP contribution in [0.15, 0.2) is 5.16 Å². The number of rotatable bonds is 5. The van der Waals surface area contributed by atoms with Gasteiger partial charge in [-0.15, -0.1) is 0 Å². The van der Waals surface area contributed by atoms with Gasteiger partial charge in [-0.2, -0.15) is 17.9 Å². The van der Waals surface area contributed by atoms with Crippen LogP contribution >= 0.6 is 0 Å². The highest BCUT2D eigenvalue weighted by Crippen LogP contribution is 1.82. The van der Waals surface area contributed by atoms with Crippen molar-refractivity contribution in [3.63, 3.8) is 0 Å². The minimum Gasteiger partial charge on any atom is -0.409 e. The van der Waals surface area contributed by atoms with Crippen LogP contribution < -0.4 is 15.2 Å². The Bertz CT molecular complexity index is 272. The van der Waals surface area contributed by atoms with Crippen molar-refractivity contribution in [2.75, 3.05) is 6.54 Å². The predicted molar refractivity (Wildman–Crippen MR) is 48.6 cm³/mol. The second-order valence-electron chi connectivity index (χ2n) is 2.69. The van der Waals surface area contributed by atoms with Gasteiger partial charge in [-0.25, -0.2) is 0 Å². The minimum atomic E-state index is -3.56. The quantitative estimate of drug-likeness (QED) is 0.192. The van der Waals surface area contributed by atoms with Gasteiger partial charge in [-0.3, -0.25) is 0 Å². The molecule has 0 aromatic carbocycles. The summed E-state index contributed by atoms with van der Waals surface area (Å²) in [5, 5.41) is 10.7. The minimum absolute atomic E-state index is 0.200. The van der Waals surface area contributed by atoms with Crippen molar-refractivity contribution in [2.24, 2.45) is 10.9 Å². The zero-order chi connectivity index (χ0) is 10.5. The van der Waals surface area contributed by atoms with E-state index in [-0.39, 0.29) is 18.4 Å². The van der Waals surface area contributed by atoms with Gasteiger partial charge in [-0.1, -0.05) is 5.16 Å². The number of nitrogens with two attached hydrogens (primary N) is 1. The van der Waals surface area contributed by atoms with Crippen molar-refractivity contribution in [1.82, 2.24) is 9.44 Å². The van der Waals surface area contributed by atoms with Crippen molar-refractivity contribution in [1.29, 1.82) is 0 Å². The van der Waals surface area contributed by atoms with Crippen molar-refractivity contribution < 1.29 is 13.6 Å². The molecule has 0 saturated carbocycles. The van der Waals surface area contributed by atoms with Gasteiger partial charge >= 0.3 is 0 Å². The van der Waals surface area contributed by atoms with Gasteiger partial charge in [0.1, 0.15) is 0 Å². The van der Waals surface area contributed by atoms with E-state index < -0.39 is 10.2 Å². The Morgan fingerprint density at radius 2 is 2.15 bits per heavy atom. The van der Waals surface area contributed by atoms with E-state index in [4.69, 9.17) is 10.9 Å². The van der Waals surface area contributed by atoms with E-state index >= 15 is 0 Å². The fourth-order valence-corrected chi connectivity index (χ4v) is 1.60. The molecule has 0 amide bonds. The van der Waals surface area contributed by atoms with Gasteiger partial charge in [0.15, 0.2) is 5.84 Å². The standard InChI is InChI=1S/C5H14N4O3S/c1-4(2)9-13(11,12)7-3-5(6)8-10/h4,7,9-10H,3H2,1-2H3,(H2,6,8). The lowest BCUT2D eigenvalue weighted by Crippen LogP contribution is -2.43. The molecule has 0 atom stereocenters. The Morgan fingerprint density at radius 3 is 2.54 bits per heavy atom. The Hall–Kier alpha value is -0.860. The average Bonchev–Trinajstić information content (AvgIpc) is 1.98. The molecule has 5 N–H and O–H groups in total. The third-order valence-electron chi connectivity index (χ3n) is 0.963. The van der Waals surface area contributed by atoms with Crippen LogP contribution in [0, 0.1) is 0 Å². The first-order valence-electron chi connectivity index (χ1n) is 3.60. The van der Waals surface area contributed by atoms with Crippen LogP contribution in [0.2, 0.25) is 0 Å². The van der Waals surface area contributed by atoms with Crippen molar-refractivity contribution in [3.8, 4) is 0 Å². The molecule has 0 aliphatic heterocycles. The number of oxime groups is 1. The molecule has 0 aliphatic rings. The molecule has 0 fully saturated rings. The van der Waals surface area contributed by atoms with E-state index in [9.17, 15) is 8.42 Å². The van der Waals surface area contributed by atoms with E-state index in [1.165, 1.54) is 0 Å². The summed E-state index contributed by atoms with van der Waals surface area (Å²) in [5.41, 5.74) is 5.06. The second-order valence-corrected chi connectivity index (χ2v) is 4.22. The normalized spacial score (nSPS) is 13.6. The van der Waals surface area contributed by atoms with E-state index in [1.54, 1.807) is 13.8 Å². The topological polar surface area (TPSA) is 117 Å². The van der Waals surface area contributed by atoms with E-state index in [1.807, 2.05) is 0 Å². The summed E-state index contributed by atoms with van der Waals surface area (Å²) in [6, 6.07) is -0.204. The van der Waals surface area contributed by atoms with Crippen LogP contribution in [0.5, 0.6) is 0 Å². The van der Waals surface area contributed by atoms with Crippen LogP contribution in [0.3, 0.4) is 0 Å². The molecule has 0 aliphatic carbocycles. The highest BCUT2D eigenvalue weighted by Gasteiger charge is 2.10. The monoisotopic (exact) mass is 210 g/mol. The molecule has 0 aromatic rings. The van der Waals surface area contributed by atoms with Crippen LogP contribution in [0.25, 0.3) is 0 Å². The van der Waals surface area contributed by atoms with Crippen LogP contribution in [0.1, 0.15) is 13.8 Å². The zero-order valence-electron chi connectivity index (χ0n) is 7.48. The van der Waals surface area contributed by atoms with Crippen molar-refractivity contribution >= 4 is 16.0 Å². The molecular formula is C5H14N4O3S. The van der Waals surface area contributed by atoms with Crippen molar-refractivity contribution in [3.05, 3.63) is 0 Å². The molecule has 13 heavy (non-hydrogen) atoms. The molecule has 0 rings (SSSR count). The highest BCUT2D eigenvalue weighted by atomic mass is 32.2. The van der Waals surface area contributed by atoms with Crippen LogP contribution in [-0.4, -0.2) is 32.0 Å². The molecule has 7 nitrogen and oxygen atoms in total. The molecule has 0 spiro atoms. The number of hydrogen-bond acceptors (Lipinski definition) is 4. The van der Waals surface area contributed by atoms with E-state index in [0.29, 0.717) is 0 Å².